The van der Waals surface area contributed by atoms with Crippen molar-refractivity contribution in [2.24, 2.45) is 7.05 Å². The summed E-state index contributed by atoms with van der Waals surface area (Å²) in [5.41, 5.74) is -1.13. The number of benzene rings is 3. The van der Waals surface area contributed by atoms with Gasteiger partial charge >= 0.3 is 6.18 Å². The number of aromatic nitrogens is 2. The van der Waals surface area contributed by atoms with Crippen molar-refractivity contribution in [1.29, 1.82) is 0 Å². The van der Waals surface area contributed by atoms with E-state index < -0.39 is 46.8 Å². The average molecular weight is 562 g/mol. The fourth-order valence-electron chi connectivity index (χ4n) is 4.30. The SMILES string of the molecule is Cn1nccc1Nc1cc(NC(=O)c2cc(F)cc(C(F)(F)F)c2)c2c(c1)C(=O)N[C@@H]2c1cc(F)ccc1Cl. The maximum atomic E-state index is 14.1. The van der Waals surface area contributed by atoms with Crippen molar-refractivity contribution in [3.8, 4) is 0 Å². The van der Waals surface area contributed by atoms with E-state index in [1.54, 1.807) is 13.1 Å². The molecule has 13 heteroatoms. The average Bonchev–Trinajstić information content (AvgIpc) is 3.42. The van der Waals surface area contributed by atoms with E-state index in [1.165, 1.54) is 29.1 Å². The summed E-state index contributed by atoms with van der Waals surface area (Å²) in [6, 6.07) is 8.58. The summed E-state index contributed by atoms with van der Waals surface area (Å²) in [5.74, 6) is -2.99. The first-order valence-corrected chi connectivity index (χ1v) is 11.7. The Morgan fingerprint density at radius 1 is 1.05 bits per heavy atom. The van der Waals surface area contributed by atoms with E-state index in [2.05, 4.69) is 21.0 Å². The Bertz CT molecular complexity index is 1640. The largest absolute Gasteiger partial charge is 0.416 e. The van der Waals surface area contributed by atoms with Crippen LogP contribution in [0.25, 0.3) is 0 Å². The summed E-state index contributed by atoms with van der Waals surface area (Å²) in [6.45, 7) is 0. The first kappa shape index (κ1) is 26.2. The molecule has 2 heterocycles. The van der Waals surface area contributed by atoms with E-state index >= 15 is 0 Å². The first-order valence-electron chi connectivity index (χ1n) is 11.3. The summed E-state index contributed by atoms with van der Waals surface area (Å²) in [6.07, 6.45) is -3.36. The van der Waals surface area contributed by atoms with Gasteiger partial charge in [-0.15, -0.1) is 0 Å². The van der Waals surface area contributed by atoms with Crippen LogP contribution in [0.5, 0.6) is 0 Å². The molecule has 3 N–H and O–H groups in total. The van der Waals surface area contributed by atoms with Crippen molar-refractivity contribution in [3.63, 3.8) is 0 Å². The Kier molecular flexibility index (Phi) is 6.51. The van der Waals surface area contributed by atoms with Crippen LogP contribution in [0.1, 0.15) is 43.4 Å². The zero-order chi connectivity index (χ0) is 28.1. The van der Waals surface area contributed by atoms with Gasteiger partial charge in [0.2, 0.25) is 0 Å². The van der Waals surface area contributed by atoms with Gasteiger partial charge in [0.05, 0.1) is 17.8 Å². The number of anilines is 3. The van der Waals surface area contributed by atoms with Gasteiger partial charge in [-0.2, -0.15) is 18.3 Å². The van der Waals surface area contributed by atoms with E-state index in [9.17, 15) is 31.5 Å². The molecule has 1 aliphatic rings. The molecule has 0 aliphatic carbocycles. The van der Waals surface area contributed by atoms with Crippen molar-refractivity contribution >= 4 is 40.6 Å². The van der Waals surface area contributed by atoms with E-state index in [0.717, 1.165) is 12.1 Å². The molecule has 39 heavy (non-hydrogen) atoms. The Hall–Kier alpha value is -4.45. The summed E-state index contributed by atoms with van der Waals surface area (Å²) in [7, 11) is 1.66. The molecular formula is C26H17ClF5N5O2. The van der Waals surface area contributed by atoms with Gasteiger partial charge in [-0.1, -0.05) is 11.6 Å². The van der Waals surface area contributed by atoms with Crippen molar-refractivity contribution in [3.05, 3.63) is 105 Å². The number of fused-ring (bicyclic) bond motifs is 1. The van der Waals surface area contributed by atoms with Crippen LogP contribution in [-0.4, -0.2) is 21.6 Å². The monoisotopic (exact) mass is 561 g/mol. The second kappa shape index (κ2) is 9.70. The van der Waals surface area contributed by atoms with Crippen LogP contribution >= 0.6 is 11.6 Å². The molecule has 0 bridgehead atoms. The van der Waals surface area contributed by atoms with Gasteiger partial charge in [-0.05, 0) is 48.5 Å². The topological polar surface area (TPSA) is 88.1 Å². The second-order valence-electron chi connectivity index (χ2n) is 8.70. The number of hydrogen-bond acceptors (Lipinski definition) is 4. The lowest BCUT2D eigenvalue weighted by Crippen LogP contribution is -2.21. The van der Waals surface area contributed by atoms with E-state index in [-0.39, 0.29) is 33.5 Å². The van der Waals surface area contributed by atoms with Crippen LogP contribution in [0.15, 0.2) is 60.8 Å². The predicted octanol–water partition coefficient (Wildman–Crippen LogP) is 6.20. The summed E-state index contributed by atoms with van der Waals surface area (Å²) < 4.78 is 69.3. The molecule has 4 aromatic rings. The molecule has 2 amide bonds. The Labute approximate surface area is 222 Å². The van der Waals surface area contributed by atoms with Crippen LogP contribution in [0.3, 0.4) is 0 Å². The third-order valence-electron chi connectivity index (χ3n) is 6.09. The number of rotatable bonds is 5. The molecule has 3 aromatic carbocycles. The molecule has 0 unspecified atom stereocenters. The zero-order valence-corrected chi connectivity index (χ0v) is 20.6. The Morgan fingerprint density at radius 3 is 2.51 bits per heavy atom. The molecule has 7 nitrogen and oxygen atoms in total. The highest BCUT2D eigenvalue weighted by atomic mass is 35.5. The van der Waals surface area contributed by atoms with E-state index in [1.807, 2.05) is 0 Å². The van der Waals surface area contributed by atoms with Gasteiger partial charge in [0.1, 0.15) is 17.5 Å². The summed E-state index contributed by atoms with van der Waals surface area (Å²) in [5, 5.41) is 12.4. The van der Waals surface area contributed by atoms with Gasteiger partial charge in [-0.3, -0.25) is 14.3 Å². The van der Waals surface area contributed by atoms with Gasteiger partial charge in [0.15, 0.2) is 0 Å². The lowest BCUT2D eigenvalue weighted by molar-refractivity contribution is -0.137. The predicted molar refractivity (Wildman–Crippen MR) is 133 cm³/mol. The summed E-state index contributed by atoms with van der Waals surface area (Å²) >= 11 is 6.29. The molecule has 1 aliphatic heterocycles. The summed E-state index contributed by atoms with van der Waals surface area (Å²) in [4.78, 5) is 26.1. The van der Waals surface area contributed by atoms with Crippen LogP contribution in [0.4, 0.5) is 39.1 Å². The second-order valence-corrected chi connectivity index (χ2v) is 9.11. The third-order valence-corrected chi connectivity index (χ3v) is 6.43. The molecule has 0 radical (unpaired) electrons. The van der Waals surface area contributed by atoms with E-state index in [4.69, 9.17) is 11.6 Å². The molecule has 5 rings (SSSR count). The highest BCUT2D eigenvalue weighted by Gasteiger charge is 2.36. The molecule has 0 spiro atoms. The number of hydrogen-bond donors (Lipinski definition) is 3. The Morgan fingerprint density at radius 2 is 1.82 bits per heavy atom. The highest BCUT2D eigenvalue weighted by Crippen LogP contribution is 2.41. The van der Waals surface area contributed by atoms with Gasteiger partial charge < -0.3 is 16.0 Å². The third kappa shape index (κ3) is 5.15. The maximum absolute atomic E-state index is 14.1. The molecule has 1 aromatic heterocycles. The quantitative estimate of drug-likeness (QED) is 0.253. The van der Waals surface area contributed by atoms with Crippen molar-refractivity contribution in [1.82, 2.24) is 15.1 Å². The number of nitrogens with one attached hydrogen (secondary N) is 3. The number of nitrogens with zero attached hydrogens (tertiary/aromatic N) is 2. The standard InChI is InChI=1S/C26H17ClF5N5O2/c1-37-21(4-5-33-37)34-16-10-18-22(23(36-25(18)39)17-9-14(28)2-3-19(17)27)20(11-16)35-24(38)12-6-13(26(30,31)32)8-15(29)7-12/h2-11,23,34H,1H3,(H,35,38)(H,36,39)/t23-/m1/s1. The fourth-order valence-corrected chi connectivity index (χ4v) is 4.53. The van der Waals surface area contributed by atoms with Crippen molar-refractivity contribution < 1.29 is 31.5 Å². The first-order chi connectivity index (χ1) is 18.4. The molecular weight excluding hydrogens is 545 g/mol. The van der Waals surface area contributed by atoms with Crippen molar-refractivity contribution in [2.45, 2.75) is 12.2 Å². The minimum atomic E-state index is -4.89. The maximum Gasteiger partial charge on any atom is 0.416 e. The van der Waals surface area contributed by atoms with E-state index in [0.29, 0.717) is 23.6 Å². The molecule has 0 saturated carbocycles. The normalized spacial score (nSPS) is 14.6. The minimum Gasteiger partial charge on any atom is -0.341 e. The van der Waals surface area contributed by atoms with Gasteiger partial charge in [-0.25, -0.2) is 8.78 Å². The van der Waals surface area contributed by atoms with Gasteiger partial charge in [0.25, 0.3) is 11.8 Å². The smallest absolute Gasteiger partial charge is 0.341 e. The Balaban J connectivity index is 1.62. The number of alkyl halides is 3. The molecule has 200 valence electrons. The highest BCUT2D eigenvalue weighted by molar-refractivity contribution is 6.31. The number of amides is 2. The molecule has 1 atom stereocenters. The van der Waals surface area contributed by atoms with Crippen molar-refractivity contribution in [2.75, 3.05) is 10.6 Å². The zero-order valence-electron chi connectivity index (χ0n) is 19.8. The molecule has 0 saturated heterocycles. The van der Waals surface area contributed by atoms with Gasteiger partial charge in [0, 0.05) is 51.8 Å². The number of halogens is 6. The van der Waals surface area contributed by atoms with Crippen LogP contribution in [0.2, 0.25) is 5.02 Å². The van der Waals surface area contributed by atoms with Crippen LogP contribution in [0, 0.1) is 11.6 Å². The molecule has 0 fully saturated rings. The number of aryl methyl sites for hydroxylation is 1. The minimum absolute atomic E-state index is 0.00339. The van der Waals surface area contributed by atoms with Crippen LogP contribution in [-0.2, 0) is 13.2 Å². The number of carbonyl (C=O) groups is 2. The fraction of sp³-hybridized carbons (Fsp3) is 0.115. The van der Waals surface area contributed by atoms with Crippen LogP contribution < -0.4 is 16.0 Å². The number of carbonyl (C=O) groups excluding carboxylic acids is 2. The lowest BCUT2D eigenvalue weighted by atomic mass is 9.95. The lowest BCUT2D eigenvalue weighted by Gasteiger charge is -2.19.